The smallest absolute Gasteiger partial charge is 0.229 e. The maximum atomic E-state index is 10.4. The molecular weight excluding hydrogens is 146 g/mol. The van der Waals surface area contributed by atoms with Gasteiger partial charge in [-0.1, -0.05) is 0 Å². The fraction of sp³-hybridized carbons (Fsp3) is 1.00. The molecule has 0 aromatic heterocycles. The van der Waals surface area contributed by atoms with Gasteiger partial charge in [0.1, 0.15) is 0 Å². The average Bonchev–Trinajstić information content (AvgIpc) is 1.94. The predicted octanol–water partition coefficient (Wildman–Crippen LogP) is -0.530. The van der Waals surface area contributed by atoms with Crippen molar-refractivity contribution in [1.29, 1.82) is 0 Å². The number of hydrogen-bond acceptors (Lipinski definition) is 4. The summed E-state index contributed by atoms with van der Waals surface area (Å²) in [5.41, 5.74) is 11.1. The minimum atomic E-state index is -0.626. The summed E-state index contributed by atoms with van der Waals surface area (Å²) in [7, 11) is 0. The van der Waals surface area contributed by atoms with Crippen molar-refractivity contribution in [2.75, 3.05) is 0 Å². The van der Waals surface area contributed by atoms with Crippen molar-refractivity contribution >= 4 is 0 Å². The van der Waals surface area contributed by atoms with Crippen LogP contribution in [0.25, 0.3) is 0 Å². The molecule has 0 spiro atoms. The SMILES string of the molecule is NC1CCCC([N+](=O)[O-])C1N. The molecule has 0 amide bonds. The molecule has 0 aromatic rings. The monoisotopic (exact) mass is 159 g/mol. The van der Waals surface area contributed by atoms with Gasteiger partial charge < -0.3 is 11.5 Å². The van der Waals surface area contributed by atoms with E-state index in [2.05, 4.69) is 0 Å². The molecular formula is C6H13N3O2. The zero-order valence-corrected chi connectivity index (χ0v) is 6.27. The van der Waals surface area contributed by atoms with Crippen molar-refractivity contribution in [3.8, 4) is 0 Å². The summed E-state index contributed by atoms with van der Waals surface area (Å²) in [6, 6.07) is -1.28. The Morgan fingerprint density at radius 1 is 1.36 bits per heavy atom. The number of nitrogens with zero attached hydrogens (tertiary/aromatic N) is 1. The van der Waals surface area contributed by atoms with E-state index in [-0.39, 0.29) is 11.0 Å². The quantitative estimate of drug-likeness (QED) is 0.397. The summed E-state index contributed by atoms with van der Waals surface area (Å²) in [6.45, 7) is 0. The lowest BCUT2D eigenvalue weighted by molar-refractivity contribution is -0.529. The van der Waals surface area contributed by atoms with Crippen LogP contribution in [0.4, 0.5) is 0 Å². The number of rotatable bonds is 1. The van der Waals surface area contributed by atoms with Crippen LogP contribution in [0.5, 0.6) is 0 Å². The summed E-state index contributed by atoms with van der Waals surface area (Å²) in [5, 5.41) is 10.4. The molecule has 3 atom stereocenters. The highest BCUT2D eigenvalue weighted by atomic mass is 16.6. The Morgan fingerprint density at radius 3 is 2.45 bits per heavy atom. The van der Waals surface area contributed by atoms with E-state index in [1.165, 1.54) is 0 Å². The Bertz CT molecular complexity index is 162. The van der Waals surface area contributed by atoms with Gasteiger partial charge in [-0.2, -0.15) is 0 Å². The molecule has 0 saturated heterocycles. The Morgan fingerprint density at radius 2 is 2.00 bits per heavy atom. The van der Waals surface area contributed by atoms with E-state index in [0.717, 1.165) is 12.8 Å². The molecule has 0 aliphatic heterocycles. The highest BCUT2D eigenvalue weighted by Crippen LogP contribution is 2.18. The first-order chi connectivity index (χ1) is 5.13. The van der Waals surface area contributed by atoms with Gasteiger partial charge >= 0.3 is 0 Å². The van der Waals surface area contributed by atoms with Crippen LogP contribution in [0.1, 0.15) is 19.3 Å². The number of hydrogen-bond donors (Lipinski definition) is 2. The lowest BCUT2D eigenvalue weighted by Crippen LogP contribution is -2.54. The predicted molar refractivity (Wildman–Crippen MR) is 40.6 cm³/mol. The molecule has 0 aromatic carbocycles. The van der Waals surface area contributed by atoms with Crippen molar-refractivity contribution in [3.63, 3.8) is 0 Å². The molecule has 4 N–H and O–H groups in total. The van der Waals surface area contributed by atoms with Crippen molar-refractivity contribution in [2.45, 2.75) is 37.4 Å². The minimum absolute atomic E-state index is 0.195. The van der Waals surface area contributed by atoms with Gasteiger partial charge in [-0.15, -0.1) is 0 Å². The summed E-state index contributed by atoms with van der Waals surface area (Å²) < 4.78 is 0. The molecule has 1 rings (SSSR count). The van der Waals surface area contributed by atoms with E-state index in [4.69, 9.17) is 11.5 Å². The fourth-order valence-corrected chi connectivity index (χ4v) is 1.48. The van der Waals surface area contributed by atoms with Crippen LogP contribution < -0.4 is 11.5 Å². The Kier molecular flexibility index (Phi) is 2.41. The molecule has 11 heavy (non-hydrogen) atoms. The van der Waals surface area contributed by atoms with Gasteiger partial charge in [0.25, 0.3) is 0 Å². The lowest BCUT2D eigenvalue weighted by atomic mass is 9.88. The topological polar surface area (TPSA) is 95.2 Å². The molecule has 1 fully saturated rings. The number of nitro groups is 1. The van der Waals surface area contributed by atoms with Crippen LogP contribution in [0, 0.1) is 10.1 Å². The van der Waals surface area contributed by atoms with E-state index in [1.807, 2.05) is 0 Å². The molecule has 5 heteroatoms. The maximum absolute atomic E-state index is 10.4. The Hall–Kier alpha value is -0.680. The second kappa shape index (κ2) is 3.15. The van der Waals surface area contributed by atoms with Crippen molar-refractivity contribution in [3.05, 3.63) is 10.1 Å². The largest absolute Gasteiger partial charge is 0.326 e. The van der Waals surface area contributed by atoms with E-state index in [1.54, 1.807) is 0 Å². The van der Waals surface area contributed by atoms with Crippen LogP contribution in [0.2, 0.25) is 0 Å². The molecule has 3 unspecified atom stereocenters. The molecule has 0 bridgehead atoms. The average molecular weight is 159 g/mol. The Labute approximate surface area is 64.9 Å². The van der Waals surface area contributed by atoms with Gasteiger partial charge in [0, 0.05) is 17.4 Å². The second-order valence-corrected chi connectivity index (χ2v) is 3.02. The molecule has 0 heterocycles. The highest BCUT2D eigenvalue weighted by molar-refractivity contribution is 4.87. The molecule has 64 valence electrons. The van der Waals surface area contributed by atoms with E-state index < -0.39 is 12.1 Å². The zero-order chi connectivity index (χ0) is 8.43. The summed E-state index contributed by atoms with van der Waals surface area (Å²) >= 11 is 0. The van der Waals surface area contributed by atoms with Crippen LogP contribution in [-0.4, -0.2) is 23.0 Å². The van der Waals surface area contributed by atoms with Crippen LogP contribution in [-0.2, 0) is 0 Å². The van der Waals surface area contributed by atoms with Gasteiger partial charge in [0.05, 0.1) is 6.04 Å². The maximum Gasteiger partial charge on any atom is 0.229 e. The first-order valence-corrected chi connectivity index (χ1v) is 3.77. The summed E-state index contributed by atoms with van der Waals surface area (Å²) in [4.78, 5) is 10.1. The van der Waals surface area contributed by atoms with Gasteiger partial charge in [0.15, 0.2) is 0 Å². The van der Waals surface area contributed by atoms with Gasteiger partial charge in [-0.3, -0.25) is 10.1 Å². The van der Waals surface area contributed by atoms with Crippen LogP contribution in [0.15, 0.2) is 0 Å². The van der Waals surface area contributed by atoms with Gasteiger partial charge in [0.2, 0.25) is 6.04 Å². The minimum Gasteiger partial charge on any atom is -0.326 e. The fourth-order valence-electron chi connectivity index (χ4n) is 1.48. The van der Waals surface area contributed by atoms with Crippen LogP contribution in [0.3, 0.4) is 0 Å². The number of nitrogens with two attached hydrogens (primary N) is 2. The Balaban J connectivity index is 2.58. The first-order valence-electron chi connectivity index (χ1n) is 3.77. The molecule has 1 aliphatic carbocycles. The third-order valence-corrected chi connectivity index (χ3v) is 2.25. The van der Waals surface area contributed by atoms with Crippen molar-refractivity contribution in [1.82, 2.24) is 0 Å². The van der Waals surface area contributed by atoms with Crippen LogP contribution >= 0.6 is 0 Å². The normalized spacial score (nSPS) is 38.5. The molecule has 1 saturated carbocycles. The molecule has 1 aliphatic rings. The zero-order valence-electron chi connectivity index (χ0n) is 6.27. The van der Waals surface area contributed by atoms with Gasteiger partial charge in [-0.25, -0.2) is 0 Å². The molecule has 5 nitrogen and oxygen atoms in total. The lowest BCUT2D eigenvalue weighted by Gasteiger charge is -2.27. The van der Waals surface area contributed by atoms with E-state index in [9.17, 15) is 10.1 Å². The van der Waals surface area contributed by atoms with E-state index in [0.29, 0.717) is 6.42 Å². The van der Waals surface area contributed by atoms with E-state index >= 15 is 0 Å². The van der Waals surface area contributed by atoms with Crippen molar-refractivity contribution < 1.29 is 4.92 Å². The summed E-state index contributed by atoms with van der Waals surface area (Å²) in [6.07, 6.45) is 2.20. The van der Waals surface area contributed by atoms with Crippen molar-refractivity contribution in [2.24, 2.45) is 11.5 Å². The standard InChI is InChI=1S/C6H13N3O2/c7-4-2-1-3-5(6(4)8)9(10)11/h4-6H,1-3,7-8H2. The first kappa shape index (κ1) is 8.42. The molecule has 0 radical (unpaired) electrons. The highest BCUT2D eigenvalue weighted by Gasteiger charge is 2.35. The third kappa shape index (κ3) is 1.66. The summed E-state index contributed by atoms with van der Waals surface area (Å²) in [5.74, 6) is 0. The second-order valence-electron chi connectivity index (χ2n) is 3.02. The van der Waals surface area contributed by atoms with Gasteiger partial charge in [-0.05, 0) is 12.8 Å². The third-order valence-electron chi connectivity index (χ3n) is 2.25.